The Labute approximate surface area is 82.1 Å². The first-order chi connectivity index (χ1) is 6.27. The molecule has 0 fully saturated rings. The molecule has 0 atom stereocenters. The molecule has 0 aromatic rings. The van der Waals surface area contributed by atoms with Crippen molar-refractivity contribution in [1.82, 2.24) is 5.32 Å². The maximum Gasteiger partial charge on any atom is 0.231 e. The summed E-state index contributed by atoms with van der Waals surface area (Å²) in [7, 11) is 0. The fourth-order valence-electron chi connectivity index (χ4n) is 0.888. The summed E-state index contributed by atoms with van der Waals surface area (Å²) in [5, 5.41) is 2.97. The molecule has 3 nitrogen and oxygen atoms in total. The van der Waals surface area contributed by atoms with Crippen LogP contribution in [0.5, 0.6) is 0 Å². The molecule has 1 amide bonds. The summed E-state index contributed by atoms with van der Waals surface area (Å²) in [6.45, 7) is 7.39. The Morgan fingerprint density at radius 2 is 1.85 bits per heavy atom. The maximum absolute atomic E-state index is 10.2. The standard InChI is InChI=1S/C8H18N2O.C2H6/c1-2-3-4-5-6-10-7-8(9)11;1-2/h10H,2-7H2,1H3,(H2,9,11);1-2H3. The van der Waals surface area contributed by atoms with Gasteiger partial charge >= 0.3 is 0 Å². The Hall–Kier alpha value is -0.570. The first-order valence-corrected chi connectivity index (χ1v) is 5.26. The average Bonchev–Trinajstić information content (AvgIpc) is 2.14. The molecule has 0 unspecified atom stereocenters. The number of primary amides is 1. The van der Waals surface area contributed by atoms with Crippen LogP contribution in [-0.2, 0) is 4.79 Å². The molecule has 0 saturated heterocycles. The van der Waals surface area contributed by atoms with Crippen molar-refractivity contribution in [3.05, 3.63) is 0 Å². The third-order valence-corrected chi connectivity index (χ3v) is 1.51. The monoisotopic (exact) mass is 188 g/mol. The van der Waals surface area contributed by atoms with Crippen molar-refractivity contribution >= 4 is 5.91 Å². The topological polar surface area (TPSA) is 55.1 Å². The van der Waals surface area contributed by atoms with Gasteiger partial charge in [-0.15, -0.1) is 0 Å². The van der Waals surface area contributed by atoms with Gasteiger partial charge in [-0.25, -0.2) is 0 Å². The van der Waals surface area contributed by atoms with Crippen LogP contribution in [0.3, 0.4) is 0 Å². The van der Waals surface area contributed by atoms with E-state index in [1.54, 1.807) is 0 Å². The van der Waals surface area contributed by atoms with Crippen molar-refractivity contribution in [2.45, 2.75) is 46.5 Å². The van der Waals surface area contributed by atoms with Crippen molar-refractivity contribution in [3.8, 4) is 0 Å². The van der Waals surface area contributed by atoms with Crippen LogP contribution in [0.15, 0.2) is 0 Å². The lowest BCUT2D eigenvalue weighted by Crippen LogP contribution is -2.29. The molecule has 0 aliphatic rings. The zero-order chi connectivity index (χ0) is 10.5. The van der Waals surface area contributed by atoms with Crippen LogP contribution in [0.2, 0.25) is 0 Å². The third kappa shape index (κ3) is 18.4. The summed E-state index contributed by atoms with van der Waals surface area (Å²) in [5.74, 6) is -0.277. The molecule has 0 aliphatic carbocycles. The minimum Gasteiger partial charge on any atom is -0.369 e. The molecule has 80 valence electrons. The number of hydrogen-bond donors (Lipinski definition) is 2. The van der Waals surface area contributed by atoms with E-state index in [0.29, 0.717) is 6.54 Å². The molecule has 0 aliphatic heterocycles. The number of hydrogen-bond acceptors (Lipinski definition) is 2. The van der Waals surface area contributed by atoms with E-state index >= 15 is 0 Å². The van der Waals surface area contributed by atoms with E-state index in [1.165, 1.54) is 19.3 Å². The SMILES string of the molecule is CC.CCCCCCNCC(N)=O. The largest absolute Gasteiger partial charge is 0.369 e. The first kappa shape index (κ1) is 14.9. The van der Waals surface area contributed by atoms with Crippen LogP contribution in [0, 0.1) is 0 Å². The van der Waals surface area contributed by atoms with Gasteiger partial charge in [-0.2, -0.15) is 0 Å². The molecule has 13 heavy (non-hydrogen) atoms. The summed E-state index contributed by atoms with van der Waals surface area (Å²) in [6.07, 6.45) is 4.90. The lowest BCUT2D eigenvalue weighted by Gasteiger charge is -2.00. The number of unbranched alkanes of at least 4 members (excludes halogenated alkanes) is 3. The van der Waals surface area contributed by atoms with E-state index in [0.717, 1.165) is 13.0 Å². The van der Waals surface area contributed by atoms with Gasteiger partial charge in [0.25, 0.3) is 0 Å². The fourth-order valence-corrected chi connectivity index (χ4v) is 0.888. The normalized spacial score (nSPS) is 8.85. The van der Waals surface area contributed by atoms with Gasteiger partial charge in [0, 0.05) is 0 Å². The van der Waals surface area contributed by atoms with Gasteiger partial charge in [0.15, 0.2) is 0 Å². The van der Waals surface area contributed by atoms with Crippen molar-refractivity contribution in [1.29, 1.82) is 0 Å². The maximum atomic E-state index is 10.2. The number of rotatable bonds is 7. The molecule has 0 radical (unpaired) electrons. The predicted molar refractivity (Wildman–Crippen MR) is 57.6 cm³/mol. The van der Waals surface area contributed by atoms with Crippen molar-refractivity contribution in [2.24, 2.45) is 5.73 Å². The van der Waals surface area contributed by atoms with E-state index in [2.05, 4.69) is 12.2 Å². The van der Waals surface area contributed by atoms with Gasteiger partial charge in [-0.05, 0) is 13.0 Å². The van der Waals surface area contributed by atoms with Crippen LogP contribution in [0.25, 0.3) is 0 Å². The summed E-state index contributed by atoms with van der Waals surface area (Å²) in [5.41, 5.74) is 4.93. The van der Waals surface area contributed by atoms with Crippen LogP contribution in [-0.4, -0.2) is 19.0 Å². The first-order valence-electron chi connectivity index (χ1n) is 5.26. The van der Waals surface area contributed by atoms with Gasteiger partial charge in [0.2, 0.25) is 5.91 Å². The highest BCUT2D eigenvalue weighted by atomic mass is 16.1. The lowest BCUT2D eigenvalue weighted by molar-refractivity contribution is -0.117. The minimum atomic E-state index is -0.277. The van der Waals surface area contributed by atoms with Gasteiger partial charge in [0.1, 0.15) is 0 Å². The summed E-state index contributed by atoms with van der Waals surface area (Å²) in [6, 6.07) is 0. The average molecular weight is 188 g/mol. The second-order valence-electron chi connectivity index (χ2n) is 2.70. The quantitative estimate of drug-likeness (QED) is 0.597. The zero-order valence-corrected chi connectivity index (χ0v) is 9.23. The molecule has 3 heteroatoms. The van der Waals surface area contributed by atoms with E-state index in [9.17, 15) is 4.79 Å². The molecule has 0 aromatic heterocycles. The summed E-state index contributed by atoms with van der Waals surface area (Å²) in [4.78, 5) is 10.2. The smallest absolute Gasteiger partial charge is 0.231 e. The molecule has 0 bridgehead atoms. The molecule has 0 spiro atoms. The second kappa shape index (κ2) is 14.0. The van der Waals surface area contributed by atoms with Gasteiger partial charge in [0.05, 0.1) is 6.54 Å². The van der Waals surface area contributed by atoms with Gasteiger partial charge in [-0.3, -0.25) is 4.79 Å². The van der Waals surface area contributed by atoms with E-state index in [1.807, 2.05) is 13.8 Å². The van der Waals surface area contributed by atoms with Crippen LogP contribution >= 0.6 is 0 Å². The third-order valence-electron chi connectivity index (χ3n) is 1.51. The Kier molecular flexibility index (Phi) is 16.1. The molecular weight excluding hydrogens is 164 g/mol. The van der Waals surface area contributed by atoms with Crippen molar-refractivity contribution in [3.63, 3.8) is 0 Å². The van der Waals surface area contributed by atoms with Crippen LogP contribution in [0.1, 0.15) is 46.5 Å². The van der Waals surface area contributed by atoms with Gasteiger partial charge < -0.3 is 11.1 Å². The van der Waals surface area contributed by atoms with Gasteiger partial charge in [-0.1, -0.05) is 40.0 Å². The molecule has 0 rings (SSSR count). The van der Waals surface area contributed by atoms with E-state index < -0.39 is 0 Å². The van der Waals surface area contributed by atoms with Crippen LogP contribution in [0.4, 0.5) is 0 Å². The zero-order valence-electron chi connectivity index (χ0n) is 9.23. The Bertz CT molecular complexity index is 105. The lowest BCUT2D eigenvalue weighted by atomic mass is 10.2. The van der Waals surface area contributed by atoms with E-state index in [-0.39, 0.29) is 5.91 Å². The highest BCUT2D eigenvalue weighted by Crippen LogP contribution is 1.96. The Morgan fingerprint density at radius 3 is 2.31 bits per heavy atom. The Morgan fingerprint density at radius 1 is 1.23 bits per heavy atom. The molecule has 0 aromatic carbocycles. The molecule has 0 heterocycles. The summed E-state index contributed by atoms with van der Waals surface area (Å²) < 4.78 is 0. The minimum absolute atomic E-state index is 0.277. The van der Waals surface area contributed by atoms with Crippen LogP contribution < -0.4 is 11.1 Å². The number of nitrogens with two attached hydrogens (primary N) is 1. The van der Waals surface area contributed by atoms with Crippen molar-refractivity contribution in [2.75, 3.05) is 13.1 Å². The van der Waals surface area contributed by atoms with Crippen molar-refractivity contribution < 1.29 is 4.79 Å². The fraction of sp³-hybridized carbons (Fsp3) is 0.900. The number of carbonyl (C=O) groups excluding carboxylic acids is 1. The number of nitrogens with one attached hydrogen (secondary N) is 1. The second-order valence-corrected chi connectivity index (χ2v) is 2.70. The molecular formula is C10H24N2O. The molecule has 3 N–H and O–H groups in total. The predicted octanol–water partition coefficient (Wildman–Crippen LogP) is 1.67. The highest BCUT2D eigenvalue weighted by molar-refractivity contribution is 5.75. The summed E-state index contributed by atoms with van der Waals surface area (Å²) >= 11 is 0. The molecule has 0 saturated carbocycles. The number of carbonyl (C=O) groups is 1. The van der Waals surface area contributed by atoms with E-state index in [4.69, 9.17) is 5.73 Å². The highest BCUT2D eigenvalue weighted by Gasteiger charge is 1.91. The Balaban J connectivity index is 0. The number of amides is 1.